The predicted molar refractivity (Wildman–Crippen MR) is 83.3 cm³/mol. The SMILES string of the molecule is CC(=O)c1cccc(Nc2ncnc(-n3ccnc3)c2N)c1. The summed E-state index contributed by atoms with van der Waals surface area (Å²) in [5.74, 6) is 1.01. The molecule has 2 heterocycles. The monoisotopic (exact) mass is 294 g/mol. The Bertz CT molecular complexity index is 813. The van der Waals surface area contributed by atoms with Crippen molar-refractivity contribution in [3.8, 4) is 5.82 Å². The quantitative estimate of drug-likeness (QED) is 0.716. The van der Waals surface area contributed by atoms with Crippen LogP contribution < -0.4 is 11.1 Å². The van der Waals surface area contributed by atoms with Gasteiger partial charge in [-0.15, -0.1) is 0 Å². The summed E-state index contributed by atoms with van der Waals surface area (Å²) in [5, 5.41) is 3.11. The largest absolute Gasteiger partial charge is 0.393 e. The van der Waals surface area contributed by atoms with Crippen LogP contribution in [-0.2, 0) is 0 Å². The minimum Gasteiger partial charge on any atom is -0.393 e. The molecule has 0 amide bonds. The van der Waals surface area contributed by atoms with E-state index in [0.717, 1.165) is 5.69 Å². The fourth-order valence-electron chi connectivity index (χ4n) is 2.03. The van der Waals surface area contributed by atoms with Crippen LogP contribution in [0.25, 0.3) is 5.82 Å². The van der Waals surface area contributed by atoms with E-state index in [9.17, 15) is 4.79 Å². The zero-order valence-corrected chi connectivity index (χ0v) is 11.9. The van der Waals surface area contributed by atoms with Gasteiger partial charge < -0.3 is 11.1 Å². The Labute approximate surface area is 126 Å². The molecular formula is C15H14N6O. The number of benzene rings is 1. The van der Waals surface area contributed by atoms with Crippen molar-refractivity contribution in [2.75, 3.05) is 11.1 Å². The van der Waals surface area contributed by atoms with Crippen molar-refractivity contribution in [2.45, 2.75) is 6.92 Å². The number of aromatic nitrogens is 4. The number of hydrogen-bond donors (Lipinski definition) is 2. The second-order valence-corrected chi connectivity index (χ2v) is 4.69. The minimum atomic E-state index is -0.00147. The molecule has 3 N–H and O–H groups in total. The standard InChI is InChI=1S/C15H14N6O/c1-10(22)11-3-2-4-12(7-11)20-14-13(16)15(19-8-18-14)21-6-5-17-9-21/h2-9H,16H2,1H3,(H,18,19,20). The summed E-state index contributed by atoms with van der Waals surface area (Å²) in [4.78, 5) is 23.7. The van der Waals surface area contributed by atoms with Gasteiger partial charge in [0.2, 0.25) is 0 Å². The Balaban J connectivity index is 1.95. The van der Waals surface area contributed by atoms with Gasteiger partial charge in [-0.3, -0.25) is 9.36 Å². The van der Waals surface area contributed by atoms with Crippen molar-refractivity contribution >= 4 is 23.0 Å². The highest BCUT2D eigenvalue weighted by Crippen LogP contribution is 2.25. The van der Waals surface area contributed by atoms with E-state index >= 15 is 0 Å². The molecule has 0 radical (unpaired) electrons. The van der Waals surface area contributed by atoms with Crippen LogP contribution in [0, 0.1) is 0 Å². The molecule has 0 aliphatic heterocycles. The lowest BCUT2D eigenvalue weighted by Gasteiger charge is -2.11. The summed E-state index contributed by atoms with van der Waals surface area (Å²) in [6, 6.07) is 7.15. The number of anilines is 3. The molecule has 110 valence electrons. The Hall–Kier alpha value is -3.22. The molecule has 0 unspecified atom stereocenters. The Morgan fingerprint density at radius 1 is 1.32 bits per heavy atom. The van der Waals surface area contributed by atoms with Gasteiger partial charge in [0.05, 0.1) is 0 Å². The van der Waals surface area contributed by atoms with Crippen LogP contribution in [0.4, 0.5) is 17.2 Å². The maximum absolute atomic E-state index is 11.4. The van der Waals surface area contributed by atoms with E-state index < -0.39 is 0 Å². The maximum atomic E-state index is 11.4. The highest BCUT2D eigenvalue weighted by Gasteiger charge is 2.10. The maximum Gasteiger partial charge on any atom is 0.166 e. The number of rotatable bonds is 4. The third-order valence-corrected chi connectivity index (χ3v) is 3.14. The van der Waals surface area contributed by atoms with Gasteiger partial charge in [0.15, 0.2) is 17.4 Å². The molecule has 7 heteroatoms. The first-order valence-corrected chi connectivity index (χ1v) is 6.62. The summed E-state index contributed by atoms with van der Waals surface area (Å²) in [6.07, 6.45) is 6.42. The Morgan fingerprint density at radius 3 is 2.91 bits per heavy atom. The van der Waals surface area contributed by atoms with E-state index in [1.807, 2.05) is 6.07 Å². The number of ketones is 1. The van der Waals surface area contributed by atoms with Gasteiger partial charge in [-0.1, -0.05) is 12.1 Å². The molecule has 0 saturated heterocycles. The minimum absolute atomic E-state index is 0.00147. The normalized spacial score (nSPS) is 10.4. The van der Waals surface area contributed by atoms with Gasteiger partial charge in [0, 0.05) is 23.6 Å². The summed E-state index contributed by atoms with van der Waals surface area (Å²) in [6.45, 7) is 1.52. The van der Waals surface area contributed by atoms with Crippen LogP contribution in [0.2, 0.25) is 0 Å². The average molecular weight is 294 g/mol. The summed E-state index contributed by atoms with van der Waals surface area (Å²) >= 11 is 0. The molecule has 0 saturated carbocycles. The molecule has 3 rings (SSSR count). The zero-order valence-electron chi connectivity index (χ0n) is 11.9. The number of nitrogens with two attached hydrogens (primary N) is 1. The van der Waals surface area contributed by atoms with E-state index in [0.29, 0.717) is 22.9 Å². The first kappa shape index (κ1) is 13.7. The molecular weight excluding hydrogens is 280 g/mol. The molecule has 7 nitrogen and oxygen atoms in total. The van der Waals surface area contributed by atoms with Gasteiger partial charge >= 0.3 is 0 Å². The van der Waals surface area contributed by atoms with Gasteiger partial charge in [-0.2, -0.15) is 0 Å². The molecule has 0 atom stereocenters. The highest BCUT2D eigenvalue weighted by atomic mass is 16.1. The molecule has 0 fully saturated rings. The topological polar surface area (TPSA) is 98.7 Å². The molecule has 0 aliphatic carbocycles. The molecule has 0 spiro atoms. The third-order valence-electron chi connectivity index (χ3n) is 3.14. The number of hydrogen-bond acceptors (Lipinski definition) is 6. The van der Waals surface area contributed by atoms with E-state index in [1.54, 1.807) is 41.5 Å². The first-order valence-electron chi connectivity index (χ1n) is 6.62. The Morgan fingerprint density at radius 2 is 2.18 bits per heavy atom. The molecule has 3 aromatic rings. The highest BCUT2D eigenvalue weighted by molar-refractivity contribution is 5.95. The van der Waals surface area contributed by atoms with Crippen molar-refractivity contribution < 1.29 is 4.79 Å². The fraction of sp³-hybridized carbons (Fsp3) is 0.0667. The summed E-state index contributed by atoms with van der Waals surface area (Å²) < 4.78 is 1.70. The first-order chi connectivity index (χ1) is 10.6. The van der Waals surface area contributed by atoms with E-state index in [4.69, 9.17) is 5.73 Å². The zero-order chi connectivity index (χ0) is 15.5. The van der Waals surface area contributed by atoms with Crippen LogP contribution in [0.5, 0.6) is 0 Å². The summed E-state index contributed by atoms with van der Waals surface area (Å²) in [7, 11) is 0. The third kappa shape index (κ3) is 2.64. The summed E-state index contributed by atoms with van der Waals surface area (Å²) in [5.41, 5.74) is 7.86. The fourth-order valence-corrected chi connectivity index (χ4v) is 2.03. The van der Waals surface area contributed by atoms with Crippen molar-refractivity contribution in [2.24, 2.45) is 0 Å². The van der Waals surface area contributed by atoms with Gasteiger partial charge in [0.25, 0.3) is 0 Å². The molecule has 0 aliphatic rings. The van der Waals surface area contributed by atoms with Gasteiger partial charge in [-0.05, 0) is 19.1 Å². The molecule has 1 aromatic carbocycles. The predicted octanol–water partition coefficient (Wildman–Crippen LogP) is 2.19. The second-order valence-electron chi connectivity index (χ2n) is 4.69. The lowest BCUT2D eigenvalue weighted by atomic mass is 10.1. The number of imidazole rings is 1. The van der Waals surface area contributed by atoms with Crippen LogP contribution >= 0.6 is 0 Å². The van der Waals surface area contributed by atoms with E-state index in [-0.39, 0.29) is 5.78 Å². The number of Topliss-reactive ketones (excluding diaryl/α,β-unsaturated/α-hetero) is 1. The van der Waals surface area contributed by atoms with Crippen LogP contribution in [0.1, 0.15) is 17.3 Å². The van der Waals surface area contributed by atoms with Crippen molar-refractivity contribution in [3.05, 3.63) is 54.9 Å². The lowest BCUT2D eigenvalue weighted by molar-refractivity contribution is 0.101. The van der Waals surface area contributed by atoms with Gasteiger partial charge in [-0.25, -0.2) is 15.0 Å². The number of nitrogens with one attached hydrogen (secondary N) is 1. The molecule has 22 heavy (non-hydrogen) atoms. The van der Waals surface area contributed by atoms with Crippen molar-refractivity contribution in [1.82, 2.24) is 19.5 Å². The van der Waals surface area contributed by atoms with E-state index in [2.05, 4.69) is 20.3 Å². The number of nitrogens with zero attached hydrogens (tertiary/aromatic N) is 4. The number of nitrogen functional groups attached to an aromatic ring is 1. The number of carbonyl (C=O) groups is 1. The van der Waals surface area contributed by atoms with Crippen LogP contribution in [0.3, 0.4) is 0 Å². The molecule has 0 bridgehead atoms. The van der Waals surface area contributed by atoms with Crippen LogP contribution in [-0.4, -0.2) is 25.3 Å². The molecule has 2 aromatic heterocycles. The van der Waals surface area contributed by atoms with Crippen molar-refractivity contribution in [3.63, 3.8) is 0 Å². The number of carbonyl (C=O) groups excluding carboxylic acids is 1. The van der Waals surface area contributed by atoms with Crippen molar-refractivity contribution in [1.29, 1.82) is 0 Å². The second kappa shape index (κ2) is 5.65. The Kier molecular flexibility index (Phi) is 3.53. The van der Waals surface area contributed by atoms with E-state index in [1.165, 1.54) is 13.3 Å². The average Bonchev–Trinajstić information content (AvgIpc) is 3.04. The van der Waals surface area contributed by atoms with Gasteiger partial charge in [0.1, 0.15) is 18.3 Å². The lowest BCUT2D eigenvalue weighted by Crippen LogP contribution is -2.06. The van der Waals surface area contributed by atoms with Crippen LogP contribution in [0.15, 0.2) is 49.3 Å². The smallest absolute Gasteiger partial charge is 0.166 e.